The molecule has 1 aromatic carbocycles. The molecule has 0 aromatic heterocycles. The normalized spacial score (nSPS) is 15.3. The van der Waals surface area contributed by atoms with E-state index in [1.54, 1.807) is 31.4 Å². The lowest BCUT2D eigenvalue weighted by Gasteiger charge is -2.28. The third kappa shape index (κ3) is 2.86. The molecule has 0 radical (unpaired) electrons. The largest absolute Gasteiger partial charge is 0.497 e. The quantitative estimate of drug-likeness (QED) is 0.612. The van der Waals surface area contributed by atoms with E-state index in [0.29, 0.717) is 42.6 Å². The van der Waals surface area contributed by atoms with Crippen LogP contribution in [0.5, 0.6) is 5.75 Å². The first kappa shape index (κ1) is 13.0. The number of ketones is 1. The van der Waals surface area contributed by atoms with Crippen LogP contribution in [0.1, 0.15) is 10.4 Å². The monoisotopic (exact) mass is 265 g/mol. The van der Waals surface area contributed by atoms with Gasteiger partial charge in [-0.3, -0.25) is 4.79 Å². The van der Waals surface area contributed by atoms with Crippen LogP contribution >= 0.6 is 12.2 Å². The summed E-state index contributed by atoms with van der Waals surface area (Å²) in [4.78, 5) is 14.5. The zero-order valence-electron chi connectivity index (χ0n) is 10.2. The van der Waals surface area contributed by atoms with Gasteiger partial charge in [-0.05, 0) is 12.1 Å². The maximum absolute atomic E-state index is 12.2. The van der Waals surface area contributed by atoms with Gasteiger partial charge in [0.15, 0.2) is 4.99 Å². The van der Waals surface area contributed by atoms with Crippen molar-refractivity contribution in [1.82, 2.24) is 4.90 Å². The maximum Gasteiger partial charge on any atom is 0.220 e. The summed E-state index contributed by atoms with van der Waals surface area (Å²) in [7, 11) is 1.57. The van der Waals surface area contributed by atoms with E-state index in [2.05, 4.69) is 0 Å². The van der Waals surface area contributed by atoms with Crippen LogP contribution in [0.4, 0.5) is 0 Å². The number of hydrogen-bond acceptors (Lipinski definition) is 4. The molecule has 2 rings (SSSR count). The summed E-state index contributed by atoms with van der Waals surface area (Å²) < 4.78 is 10.3. The fourth-order valence-corrected chi connectivity index (χ4v) is 2.10. The van der Waals surface area contributed by atoms with Crippen molar-refractivity contribution in [1.29, 1.82) is 0 Å². The Morgan fingerprint density at radius 3 is 2.78 bits per heavy atom. The topological polar surface area (TPSA) is 38.8 Å². The zero-order valence-corrected chi connectivity index (χ0v) is 11.0. The van der Waals surface area contributed by atoms with E-state index in [-0.39, 0.29) is 5.78 Å². The molecule has 4 nitrogen and oxygen atoms in total. The molecular weight excluding hydrogens is 250 g/mol. The van der Waals surface area contributed by atoms with Crippen LogP contribution in [0.2, 0.25) is 0 Å². The summed E-state index contributed by atoms with van der Waals surface area (Å²) in [5, 5.41) is 0. The SMILES string of the molecule is COc1cccc(C(=O)C(=S)N2CCOCC2)c1. The molecule has 96 valence electrons. The minimum Gasteiger partial charge on any atom is -0.497 e. The number of nitrogens with zero attached hydrogens (tertiary/aromatic N) is 1. The van der Waals surface area contributed by atoms with E-state index in [9.17, 15) is 4.79 Å². The lowest BCUT2D eigenvalue weighted by Crippen LogP contribution is -2.43. The minimum absolute atomic E-state index is 0.134. The summed E-state index contributed by atoms with van der Waals surface area (Å²) in [6.07, 6.45) is 0. The third-order valence-electron chi connectivity index (χ3n) is 2.82. The average molecular weight is 265 g/mol. The number of thiocarbonyl (C=S) groups is 1. The predicted octanol–water partition coefficient (Wildman–Crippen LogP) is 1.54. The van der Waals surface area contributed by atoms with E-state index in [1.807, 2.05) is 4.90 Å². The van der Waals surface area contributed by atoms with E-state index >= 15 is 0 Å². The Bertz CT molecular complexity index is 455. The molecule has 1 aromatic rings. The first-order chi connectivity index (χ1) is 8.72. The van der Waals surface area contributed by atoms with Crippen LogP contribution in [0.25, 0.3) is 0 Å². The van der Waals surface area contributed by atoms with Gasteiger partial charge >= 0.3 is 0 Å². The van der Waals surface area contributed by atoms with Crippen molar-refractivity contribution in [3.05, 3.63) is 29.8 Å². The van der Waals surface area contributed by atoms with E-state index in [1.165, 1.54) is 0 Å². The maximum atomic E-state index is 12.2. The van der Waals surface area contributed by atoms with Gasteiger partial charge in [-0.2, -0.15) is 0 Å². The predicted molar refractivity (Wildman–Crippen MR) is 72.3 cm³/mol. The van der Waals surface area contributed by atoms with Crippen molar-refractivity contribution in [2.24, 2.45) is 0 Å². The van der Waals surface area contributed by atoms with Crippen LogP contribution in [0.3, 0.4) is 0 Å². The van der Waals surface area contributed by atoms with Gasteiger partial charge in [-0.25, -0.2) is 0 Å². The third-order valence-corrected chi connectivity index (χ3v) is 3.27. The molecule has 18 heavy (non-hydrogen) atoms. The van der Waals surface area contributed by atoms with Crippen molar-refractivity contribution in [2.45, 2.75) is 0 Å². The number of rotatable bonds is 3. The van der Waals surface area contributed by atoms with Crippen molar-refractivity contribution in [3.63, 3.8) is 0 Å². The van der Waals surface area contributed by atoms with Gasteiger partial charge in [0.1, 0.15) is 5.75 Å². The number of hydrogen-bond donors (Lipinski definition) is 0. The van der Waals surface area contributed by atoms with Crippen LogP contribution in [0.15, 0.2) is 24.3 Å². The summed E-state index contributed by atoms with van der Waals surface area (Å²) in [6, 6.07) is 7.04. The van der Waals surface area contributed by atoms with Crippen LogP contribution < -0.4 is 4.74 Å². The number of carbonyl (C=O) groups excluding carboxylic acids is 1. The van der Waals surface area contributed by atoms with E-state index in [4.69, 9.17) is 21.7 Å². The number of Topliss-reactive ketones (excluding diaryl/α,β-unsaturated/α-hetero) is 1. The van der Waals surface area contributed by atoms with Gasteiger partial charge in [0.25, 0.3) is 0 Å². The fourth-order valence-electron chi connectivity index (χ4n) is 1.80. The lowest BCUT2D eigenvalue weighted by atomic mass is 10.1. The molecule has 0 atom stereocenters. The van der Waals surface area contributed by atoms with Crippen molar-refractivity contribution >= 4 is 23.0 Å². The van der Waals surface area contributed by atoms with Gasteiger partial charge in [-0.15, -0.1) is 0 Å². The Kier molecular flexibility index (Phi) is 4.28. The van der Waals surface area contributed by atoms with E-state index < -0.39 is 0 Å². The van der Waals surface area contributed by atoms with Gasteiger partial charge in [0.2, 0.25) is 5.78 Å². The second kappa shape index (κ2) is 5.93. The molecule has 0 aliphatic carbocycles. The molecule has 1 heterocycles. The van der Waals surface area contributed by atoms with Gasteiger partial charge in [0, 0.05) is 18.7 Å². The number of ether oxygens (including phenoxy) is 2. The Labute approximate surface area is 111 Å². The molecular formula is C13H15NO3S. The number of benzene rings is 1. The van der Waals surface area contributed by atoms with Crippen LogP contribution in [0, 0.1) is 0 Å². The Hall–Kier alpha value is -1.46. The number of carbonyl (C=O) groups is 1. The Morgan fingerprint density at radius 2 is 2.11 bits per heavy atom. The first-order valence-electron chi connectivity index (χ1n) is 5.78. The second-order valence-corrected chi connectivity index (χ2v) is 4.35. The van der Waals surface area contributed by atoms with E-state index in [0.717, 1.165) is 0 Å². The Morgan fingerprint density at radius 1 is 1.39 bits per heavy atom. The first-order valence-corrected chi connectivity index (χ1v) is 6.18. The molecule has 1 aliphatic rings. The van der Waals surface area contributed by atoms with Crippen molar-refractivity contribution in [2.75, 3.05) is 33.4 Å². The molecule has 1 saturated heterocycles. The van der Waals surface area contributed by atoms with Crippen molar-refractivity contribution < 1.29 is 14.3 Å². The minimum atomic E-state index is -0.134. The highest BCUT2D eigenvalue weighted by molar-refractivity contribution is 7.82. The van der Waals surface area contributed by atoms with Crippen LogP contribution in [-0.4, -0.2) is 49.1 Å². The highest BCUT2D eigenvalue weighted by Crippen LogP contribution is 2.14. The molecule has 1 aliphatic heterocycles. The number of methoxy groups -OCH3 is 1. The summed E-state index contributed by atoms with van der Waals surface area (Å²) in [6.45, 7) is 2.58. The Balaban J connectivity index is 2.11. The highest BCUT2D eigenvalue weighted by atomic mass is 32.1. The second-order valence-electron chi connectivity index (χ2n) is 3.97. The smallest absolute Gasteiger partial charge is 0.220 e. The molecule has 0 unspecified atom stereocenters. The van der Waals surface area contributed by atoms with Gasteiger partial charge in [-0.1, -0.05) is 24.4 Å². The lowest BCUT2D eigenvalue weighted by molar-refractivity contribution is 0.0670. The van der Waals surface area contributed by atoms with Crippen molar-refractivity contribution in [3.8, 4) is 5.75 Å². The molecule has 1 fully saturated rings. The van der Waals surface area contributed by atoms with Crippen LogP contribution in [-0.2, 0) is 4.74 Å². The standard InChI is InChI=1S/C13H15NO3S/c1-16-11-4-2-3-10(9-11)12(15)13(18)14-5-7-17-8-6-14/h2-4,9H,5-8H2,1H3. The fraction of sp³-hybridized carbons (Fsp3) is 0.385. The number of morpholine rings is 1. The molecule has 5 heteroatoms. The van der Waals surface area contributed by atoms with Gasteiger partial charge in [0.05, 0.1) is 20.3 Å². The zero-order chi connectivity index (χ0) is 13.0. The highest BCUT2D eigenvalue weighted by Gasteiger charge is 2.21. The summed E-state index contributed by atoms with van der Waals surface area (Å²) >= 11 is 5.24. The summed E-state index contributed by atoms with van der Waals surface area (Å²) in [5.41, 5.74) is 0.561. The average Bonchev–Trinajstić information content (AvgIpc) is 2.46. The molecule has 0 bridgehead atoms. The van der Waals surface area contributed by atoms with Gasteiger partial charge < -0.3 is 14.4 Å². The molecule has 0 amide bonds. The molecule has 0 spiro atoms. The summed E-state index contributed by atoms with van der Waals surface area (Å²) in [5.74, 6) is 0.524. The molecule has 0 saturated carbocycles. The molecule has 0 N–H and O–H groups in total.